The molecule has 118 valence electrons. The van der Waals surface area contributed by atoms with Gasteiger partial charge in [-0.25, -0.2) is 0 Å². The van der Waals surface area contributed by atoms with Gasteiger partial charge in [0, 0.05) is 26.6 Å². The molecule has 0 aromatic heterocycles. The number of guanidine groups is 1. The van der Waals surface area contributed by atoms with Crippen molar-refractivity contribution in [2.75, 3.05) is 27.2 Å². The van der Waals surface area contributed by atoms with Gasteiger partial charge in [-0.2, -0.15) is 0 Å². The topological polar surface area (TPSA) is 62.7 Å². The molecule has 0 atom stereocenters. The van der Waals surface area contributed by atoms with Crippen LogP contribution in [0.3, 0.4) is 0 Å². The maximum absolute atomic E-state index is 10.9. The number of carbonyl (C=O) groups is 1. The summed E-state index contributed by atoms with van der Waals surface area (Å²) in [5.41, 5.74) is 0. The van der Waals surface area contributed by atoms with Crippen LogP contribution in [0.15, 0.2) is 4.99 Å². The fourth-order valence-corrected chi connectivity index (χ4v) is 1.82. The fraction of sp³-hybridized carbons (Fsp3) is 0.867. The van der Waals surface area contributed by atoms with Crippen LogP contribution in [0, 0.1) is 5.92 Å². The van der Waals surface area contributed by atoms with Crippen LogP contribution in [0.1, 0.15) is 52.4 Å². The first-order valence-corrected chi connectivity index (χ1v) is 7.61. The first-order valence-electron chi connectivity index (χ1n) is 7.61. The third kappa shape index (κ3) is 11.8. The number of nitrogens with zero attached hydrogens (tertiary/aromatic N) is 1. The SMILES string of the molecule is CN=C(NCCCCCC(=O)OC)NCCCC(C)C. The van der Waals surface area contributed by atoms with E-state index in [1.807, 2.05) is 0 Å². The summed E-state index contributed by atoms with van der Waals surface area (Å²) >= 11 is 0. The smallest absolute Gasteiger partial charge is 0.305 e. The minimum Gasteiger partial charge on any atom is -0.469 e. The van der Waals surface area contributed by atoms with E-state index in [-0.39, 0.29) is 5.97 Å². The molecule has 5 heteroatoms. The van der Waals surface area contributed by atoms with Gasteiger partial charge in [0.1, 0.15) is 0 Å². The number of rotatable bonds is 10. The maximum Gasteiger partial charge on any atom is 0.305 e. The highest BCUT2D eigenvalue weighted by molar-refractivity contribution is 5.79. The van der Waals surface area contributed by atoms with Crippen molar-refractivity contribution >= 4 is 11.9 Å². The highest BCUT2D eigenvalue weighted by atomic mass is 16.5. The molecule has 0 aromatic carbocycles. The second-order valence-corrected chi connectivity index (χ2v) is 5.35. The van der Waals surface area contributed by atoms with Crippen LogP contribution in [-0.2, 0) is 9.53 Å². The molecule has 0 rings (SSSR count). The molecule has 0 aliphatic carbocycles. The molecule has 0 bridgehead atoms. The Morgan fingerprint density at radius 1 is 1.10 bits per heavy atom. The van der Waals surface area contributed by atoms with Gasteiger partial charge in [0.25, 0.3) is 0 Å². The molecule has 0 saturated carbocycles. The number of methoxy groups -OCH3 is 1. The van der Waals surface area contributed by atoms with E-state index in [1.165, 1.54) is 13.5 Å². The van der Waals surface area contributed by atoms with E-state index in [2.05, 4.69) is 34.2 Å². The normalized spacial score (nSPS) is 11.6. The lowest BCUT2D eigenvalue weighted by Crippen LogP contribution is -2.38. The van der Waals surface area contributed by atoms with Crippen molar-refractivity contribution < 1.29 is 9.53 Å². The van der Waals surface area contributed by atoms with Gasteiger partial charge in [-0.15, -0.1) is 0 Å². The Morgan fingerprint density at radius 3 is 2.30 bits per heavy atom. The van der Waals surface area contributed by atoms with Crippen LogP contribution >= 0.6 is 0 Å². The highest BCUT2D eigenvalue weighted by Crippen LogP contribution is 2.02. The largest absolute Gasteiger partial charge is 0.469 e. The van der Waals surface area contributed by atoms with Gasteiger partial charge in [0.2, 0.25) is 0 Å². The number of esters is 1. The third-order valence-electron chi connectivity index (χ3n) is 3.05. The Bertz CT molecular complexity index is 278. The number of ether oxygens (including phenoxy) is 1. The second-order valence-electron chi connectivity index (χ2n) is 5.35. The van der Waals surface area contributed by atoms with Crippen LogP contribution in [-0.4, -0.2) is 39.2 Å². The second kappa shape index (κ2) is 12.8. The summed E-state index contributed by atoms with van der Waals surface area (Å²) in [5.74, 6) is 1.49. The van der Waals surface area contributed by atoms with Crippen molar-refractivity contribution in [2.45, 2.75) is 52.4 Å². The zero-order valence-corrected chi connectivity index (χ0v) is 13.5. The summed E-state index contributed by atoms with van der Waals surface area (Å²) in [6, 6.07) is 0. The van der Waals surface area contributed by atoms with Crippen LogP contribution in [0.2, 0.25) is 0 Å². The molecule has 0 spiro atoms. The van der Waals surface area contributed by atoms with Gasteiger partial charge in [0.05, 0.1) is 7.11 Å². The molecule has 0 amide bonds. The van der Waals surface area contributed by atoms with Crippen molar-refractivity contribution in [1.29, 1.82) is 0 Å². The molecule has 0 unspecified atom stereocenters. The molecule has 5 nitrogen and oxygen atoms in total. The van der Waals surface area contributed by atoms with Gasteiger partial charge in [0.15, 0.2) is 5.96 Å². The average Bonchev–Trinajstić information content (AvgIpc) is 2.44. The number of nitrogens with one attached hydrogen (secondary N) is 2. The van der Waals surface area contributed by atoms with Crippen LogP contribution < -0.4 is 10.6 Å². The molecule has 20 heavy (non-hydrogen) atoms. The summed E-state index contributed by atoms with van der Waals surface area (Å²) < 4.78 is 4.60. The van der Waals surface area contributed by atoms with Crippen LogP contribution in [0.25, 0.3) is 0 Å². The Kier molecular flexibility index (Phi) is 12.0. The van der Waals surface area contributed by atoms with E-state index in [1.54, 1.807) is 7.05 Å². The quantitative estimate of drug-likeness (QED) is 0.280. The number of unbranched alkanes of at least 4 members (excludes halogenated alkanes) is 2. The number of hydrogen-bond donors (Lipinski definition) is 2. The van der Waals surface area contributed by atoms with Crippen molar-refractivity contribution in [3.8, 4) is 0 Å². The van der Waals surface area contributed by atoms with E-state index in [4.69, 9.17) is 0 Å². The van der Waals surface area contributed by atoms with Gasteiger partial charge in [-0.05, 0) is 31.6 Å². The van der Waals surface area contributed by atoms with Crippen LogP contribution in [0.5, 0.6) is 0 Å². The first-order chi connectivity index (χ1) is 9.60. The molecule has 0 aliphatic heterocycles. The zero-order valence-electron chi connectivity index (χ0n) is 13.5. The average molecular weight is 285 g/mol. The Labute approximate surface area is 123 Å². The zero-order chi connectivity index (χ0) is 15.2. The Morgan fingerprint density at radius 2 is 1.75 bits per heavy atom. The predicted molar refractivity (Wildman–Crippen MR) is 83.9 cm³/mol. The van der Waals surface area contributed by atoms with Crippen molar-refractivity contribution in [3.63, 3.8) is 0 Å². The lowest BCUT2D eigenvalue weighted by Gasteiger charge is -2.12. The van der Waals surface area contributed by atoms with E-state index >= 15 is 0 Å². The monoisotopic (exact) mass is 285 g/mol. The van der Waals surface area contributed by atoms with E-state index < -0.39 is 0 Å². The van der Waals surface area contributed by atoms with E-state index in [0.717, 1.165) is 50.7 Å². The molecule has 2 N–H and O–H groups in total. The van der Waals surface area contributed by atoms with Gasteiger partial charge < -0.3 is 15.4 Å². The molecule has 0 saturated heterocycles. The van der Waals surface area contributed by atoms with Gasteiger partial charge in [-0.3, -0.25) is 9.79 Å². The summed E-state index contributed by atoms with van der Waals surface area (Å²) in [5, 5.41) is 6.59. The number of aliphatic imine (C=N–C) groups is 1. The molecular weight excluding hydrogens is 254 g/mol. The maximum atomic E-state index is 10.9. The summed E-state index contributed by atoms with van der Waals surface area (Å²) in [6.07, 6.45) is 5.85. The highest BCUT2D eigenvalue weighted by Gasteiger charge is 2.00. The van der Waals surface area contributed by atoms with Crippen molar-refractivity contribution in [1.82, 2.24) is 10.6 Å². The van der Waals surface area contributed by atoms with Crippen LogP contribution in [0.4, 0.5) is 0 Å². The molecule has 0 fully saturated rings. The lowest BCUT2D eigenvalue weighted by molar-refractivity contribution is -0.140. The third-order valence-corrected chi connectivity index (χ3v) is 3.05. The molecule has 0 radical (unpaired) electrons. The molecule has 0 heterocycles. The lowest BCUT2D eigenvalue weighted by atomic mass is 10.1. The molecule has 0 aliphatic rings. The number of carbonyl (C=O) groups excluding carboxylic acids is 1. The standard InChI is InChI=1S/C15H31N3O2/c1-13(2)9-8-12-18-15(16-3)17-11-7-5-6-10-14(19)20-4/h13H,5-12H2,1-4H3,(H2,16,17,18). The van der Waals surface area contributed by atoms with E-state index in [9.17, 15) is 4.79 Å². The predicted octanol–water partition coefficient (Wildman–Crippen LogP) is 2.32. The van der Waals surface area contributed by atoms with Crippen molar-refractivity contribution in [2.24, 2.45) is 10.9 Å². The Balaban J connectivity index is 3.49. The molecular formula is C15H31N3O2. The number of hydrogen-bond acceptors (Lipinski definition) is 3. The minimum atomic E-state index is -0.124. The summed E-state index contributed by atoms with van der Waals surface area (Å²) in [6.45, 7) is 6.31. The van der Waals surface area contributed by atoms with Gasteiger partial charge >= 0.3 is 5.97 Å². The van der Waals surface area contributed by atoms with Crippen molar-refractivity contribution in [3.05, 3.63) is 0 Å². The summed E-state index contributed by atoms with van der Waals surface area (Å²) in [7, 11) is 3.22. The minimum absolute atomic E-state index is 0.124. The molecule has 0 aromatic rings. The van der Waals surface area contributed by atoms with E-state index in [0.29, 0.717) is 6.42 Å². The van der Waals surface area contributed by atoms with Gasteiger partial charge in [-0.1, -0.05) is 20.3 Å². The fourth-order valence-electron chi connectivity index (χ4n) is 1.82. The first kappa shape index (κ1) is 18.7. The summed E-state index contributed by atoms with van der Waals surface area (Å²) in [4.78, 5) is 15.1. The Hall–Kier alpha value is -1.26.